The summed E-state index contributed by atoms with van der Waals surface area (Å²) in [6.07, 6.45) is -0.997. The minimum Gasteiger partial charge on any atom is -0.451 e. The molecule has 3 heterocycles. The molecule has 2 aromatic rings. The van der Waals surface area contributed by atoms with Gasteiger partial charge in [-0.2, -0.15) is 0 Å². The second kappa shape index (κ2) is 11.1. The Hall–Kier alpha value is -4.04. The number of rotatable bonds is 8. The number of alkyl carbamates (subject to hydrolysis) is 1. The lowest BCUT2D eigenvalue weighted by Gasteiger charge is -2.34. The summed E-state index contributed by atoms with van der Waals surface area (Å²) in [6.45, 7) is 2.63. The number of pyridine rings is 1. The number of halogens is 2. The van der Waals surface area contributed by atoms with Gasteiger partial charge in [-0.1, -0.05) is 6.07 Å². The van der Waals surface area contributed by atoms with Crippen molar-refractivity contribution in [1.29, 1.82) is 0 Å². The molecule has 0 radical (unpaired) electrons. The first-order valence-corrected chi connectivity index (χ1v) is 11.6. The molecule has 0 spiro atoms. The van der Waals surface area contributed by atoms with E-state index in [2.05, 4.69) is 10.6 Å². The summed E-state index contributed by atoms with van der Waals surface area (Å²) in [5.74, 6) is -3.59. The van der Waals surface area contributed by atoms with Crippen LogP contribution in [0.5, 0.6) is 5.75 Å². The number of nitrogens with one attached hydrogen (secondary N) is 2. The van der Waals surface area contributed by atoms with E-state index in [-0.39, 0.29) is 37.0 Å². The molecule has 2 aliphatic heterocycles. The maximum absolute atomic E-state index is 14.0. The molecule has 1 fully saturated rings. The highest BCUT2D eigenvalue weighted by atomic mass is 19.1. The number of aromatic nitrogens is 1. The van der Waals surface area contributed by atoms with E-state index in [1.807, 2.05) is 0 Å². The van der Waals surface area contributed by atoms with E-state index < -0.39 is 65.5 Å². The Bertz CT molecular complexity index is 1320. The maximum Gasteiger partial charge on any atom is 0.412 e. The summed E-state index contributed by atoms with van der Waals surface area (Å²) in [4.78, 5) is 52.9. The van der Waals surface area contributed by atoms with Crippen LogP contribution in [0.3, 0.4) is 0 Å². The predicted octanol–water partition coefficient (Wildman–Crippen LogP) is 1.31. The monoisotopic (exact) mass is 536 g/mol. The molecule has 2 N–H and O–H groups in total. The van der Waals surface area contributed by atoms with Gasteiger partial charge in [0.15, 0.2) is 11.9 Å². The van der Waals surface area contributed by atoms with Gasteiger partial charge in [0.1, 0.15) is 23.4 Å². The Labute approximate surface area is 215 Å². The van der Waals surface area contributed by atoms with Crippen LogP contribution in [0.2, 0.25) is 0 Å². The molecule has 1 aromatic heterocycles. The first-order valence-electron chi connectivity index (χ1n) is 11.6. The molecule has 3 unspecified atom stereocenters. The molecule has 38 heavy (non-hydrogen) atoms. The zero-order valence-corrected chi connectivity index (χ0v) is 20.8. The number of benzene rings is 1. The number of hydrogen-bond acceptors (Lipinski definition) is 8. The summed E-state index contributed by atoms with van der Waals surface area (Å²) >= 11 is 0. The Kier molecular flexibility index (Phi) is 7.92. The first kappa shape index (κ1) is 27.0. The highest BCUT2D eigenvalue weighted by molar-refractivity contribution is 5.99. The average molecular weight is 536 g/mol. The average Bonchev–Trinajstić information content (AvgIpc) is 3.25. The smallest absolute Gasteiger partial charge is 0.412 e. The summed E-state index contributed by atoms with van der Waals surface area (Å²) in [5.41, 5.74) is -1.49. The summed E-state index contributed by atoms with van der Waals surface area (Å²) < 4.78 is 49.4. The topological polar surface area (TPSA) is 137 Å². The van der Waals surface area contributed by atoms with Crippen LogP contribution in [0.1, 0.15) is 40.3 Å². The van der Waals surface area contributed by atoms with Gasteiger partial charge in [0.25, 0.3) is 11.8 Å². The lowest BCUT2D eigenvalue weighted by molar-refractivity contribution is 0.00465. The third kappa shape index (κ3) is 5.45. The maximum atomic E-state index is 14.0. The summed E-state index contributed by atoms with van der Waals surface area (Å²) in [5, 5.41) is 4.76. The molecule has 12 nitrogen and oxygen atoms in total. The largest absolute Gasteiger partial charge is 0.451 e. The lowest BCUT2D eigenvalue weighted by atomic mass is 10.1. The van der Waals surface area contributed by atoms with E-state index in [1.165, 1.54) is 22.8 Å². The second-order valence-corrected chi connectivity index (χ2v) is 8.69. The minimum absolute atomic E-state index is 0.00171. The number of hydrogen-bond donors (Lipinski definition) is 2. The van der Waals surface area contributed by atoms with Crippen LogP contribution in [0.25, 0.3) is 0 Å². The number of carbonyl (C=O) groups is 3. The van der Waals surface area contributed by atoms with E-state index >= 15 is 0 Å². The molecule has 2 aliphatic rings. The van der Waals surface area contributed by atoms with Crippen molar-refractivity contribution in [2.24, 2.45) is 0 Å². The van der Waals surface area contributed by atoms with Gasteiger partial charge in [0.2, 0.25) is 18.0 Å². The standard InChI is InChI=1S/C24H26F2N4O8/c1-12-10-36-18-9-29-8-16(22(32)27-7-14-4-5-15(25)6-17(14)26)20(31)21(19(29)23(33)30(12)18)37-11-38-24(34)28-13(2)35-3/h4-6,8,12-13,18H,7,9-11H2,1-3H3,(H,27,32)(H,28,34). The van der Waals surface area contributed by atoms with Crippen molar-refractivity contribution in [3.05, 3.63) is 63.1 Å². The molecule has 1 saturated heterocycles. The molecule has 0 aliphatic carbocycles. The first-order chi connectivity index (χ1) is 18.1. The SMILES string of the molecule is COC(C)NC(=O)OCOc1c2n(cc(C(=O)NCc3ccc(F)cc3F)c1=O)CC1OCC(C)N1C2=O. The molecule has 0 bridgehead atoms. The van der Waals surface area contributed by atoms with Crippen molar-refractivity contribution in [2.45, 2.75) is 45.4 Å². The molecule has 3 amide bonds. The fourth-order valence-electron chi connectivity index (χ4n) is 4.10. The van der Waals surface area contributed by atoms with Crippen LogP contribution in [0.4, 0.5) is 13.6 Å². The fraction of sp³-hybridized carbons (Fsp3) is 0.417. The third-order valence-corrected chi connectivity index (χ3v) is 6.11. The van der Waals surface area contributed by atoms with E-state index in [0.717, 1.165) is 12.1 Å². The quantitative estimate of drug-likeness (QED) is 0.482. The molecule has 204 valence electrons. The highest BCUT2D eigenvalue weighted by Crippen LogP contribution is 2.30. The number of carbonyl (C=O) groups excluding carboxylic acids is 3. The molecular formula is C24H26F2N4O8. The Morgan fingerprint density at radius 2 is 2.03 bits per heavy atom. The lowest BCUT2D eigenvalue weighted by Crippen LogP contribution is -2.49. The highest BCUT2D eigenvalue weighted by Gasteiger charge is 2.43. The van der Waals surface area contributed by atoms with E-state index in [9.17, 15) is 28.0 Å². The van der Waals surface area contributed by atoms with Gasteiger partial charge in [0, 0.05) is 31.5 Å². The van der Waals surface area contributed by atoms with Crippen LogP contribution in [0, 0.1) is 11.6 Å². The van der Waals surface area contributed by atoms with E-state index in [1.54, 1.807) is 13.8 Å². The van der Waals surface area contributed by atoms with E-state index in [4.69, 9.17) is 18.9 Å². The van der Waals surface area contributed by atoms with Gasteiger partial charge >= 0.3 is 6.09 Å². The van der Waals surface area contributed by atoms with Gasteiger partial charge in [-0.15, -0.1) is 0 Å². The Balaban J connectivity index is 1.62. The molecular weight excluding hydrogens is 510 g/mol. The normalized spacial score (nSPS) is 18.9. The fourth-order valence-corrected chi connectivity index (χ4v) is 4.10. The van der Waals surface area contributed by atoms with Gasteiger partial charge < -0.3 is 33.7 Å². The number of amides is 3. The zero-order chi connectivity index (χ0) is 27.6. The van der Waals surface area contributed by atoms with Crippen LogP contribution in [0.15, 0.2) is 29.2 Å². The molecule has 4 rings (SSSR count). The number of ether oxygens (including phenoxy) is 4. The van der Waals surface area contributed by atoms with Crippen molar-refractivity contribution in [3.63, 3.8) is 0 Å². The predicted molar refractivity (Wildman–Crippen MR) is 125 cm³/mol. The van der Waals surface area contributed by atoms with Gasteiger partial charge in [0.05, 0.1) is 19.2 Å². The van der Waals surface area contributed by atoms with Crippen LogP contribution in [-0.2, 0) is 27.3 Å². The van der Waals surface area contributed by atoms with Crippen molar-refractivity contribution in [2.75, 3.05) is 20.5 Å². The third-order valence-electron chi connectivity index (χ3n) is 6.11. The Morgan fingerprint density at radius 1 is 1.26 bits per heavy atom. The van der Waals surface area contributed by atoms with Crippen LogP contribution >= 0.6 is 0 Å². The molecule has 0 saturated carbocycles. The van der Waals surface area contributed by atoms with Crippen LogP contribution in [-0.4, -0.2) is 66.4 Å². The van der Waals surface area contributed by atoms with Gasteiger partial charge in [-0.3, -0.25) is 19.7 Å². The summed E-state index contributed by atoms with van der Waals surface area (Å²) in [7, 11) is 1.37. The van der Waals surface area contributed by atoms with E-state index in [0.29, 0.717) is 6.07 Å². The number of methoxy groups -OCH3 is 1. The molecule has 14 heteroatoms. The second-order valence-electron chi connectivity index (χ2n) is 8.69. The molecule has 3 atom stereocenters. The van der Waals surface area contributed by atoms with Crippen molar-refractivity contribution < 1.29 is 42.1 Å². The zero-order valence-electron chi connectivity index (χ0n) is 20.8. The van der Waals surface area contributed by atoms with Gasteiger partial charge in [-0.25, -0.2) is 13.6 Å². The number of fused-ring (bicyclic) bond motifs is 2. The van der Waals surface area contributed by atoms with Crippen molar-refractivity contribution in [3.8, 4) is 5.75 Å². The molecule has 1 aromatic carbocycles. The Morgan fingerprint density at radius 3 is 2.74 bits per heavy atom. The minimum atomic E-state index is -0.942. The number of nitrogens with zero attached hydrogens (tertiary/aromatic N) is 2. The summed E-state index contributed by atoms with van der Waals surface area (Å²) in [6, 6.07) is 2.60. The van der Waals surface area contributed by atoms with Crippen molar-refractivity contribution >= 4 is 17.9 Å². The van der Waals surface area contributed by atoms with Crippen LogP contribution < -0.4 is 20.8 Å². The van der Waals surface area contributed by atoms with Crippen molar-refractivity contribution in [1.82, 2.24) is 20.1 Å². The van der Waals surface area contributed by atoms with Gasteiger partial charge in [-0.05, 0) is 19.9 Å².